The van der Waals surface area contributed by atoms with Crippen LogP contribution < -0.4 is 19.9 Å². The van der Waals surface area contributed by atoms with Crippen molar-refractivity contribution >= 4 is 17.5 Å². The number of anilines is 2. The Balaban J connectivity index is 1.58. The first-order chi connectivity index (χ1) is 12.9. The van der Waals surface area contributed by atoms with Crippen molar-refractivity contribution in [1.29, 1.82) is 0 Å². The van der Waals surface area contributed by atoms with Crippen molar-refractivity contribution in [2.45, 2.75) is 32.4 Å². The first kappa shape index (κ1) is 19.0. The van der Waals surface area contributed by atoms with Crippen molar-refractivity contribution in [3.05, 3.63) is 48.0 Å². The minimum atomic E-state index is -0.0270. The normalized spacial score (nSPS) is 17.5. The molecule has 2 atom stereocenters. The lowest BCUT2D eigenvalue weighted by Crippen LogP contribution is -2.26. The highest BCUT2D eigenvalue weighted by atomic mass is 16.5. The molecule has 27 heavy (non-hydrogen) atoms. The van der Waals surface area contributed by atoms with Crippen LogP contribution in [0.5, 0.6) is 5.75 Å². The number of nitrogens with one attached hydrogen (secondary N) is 1. The number of amides is 1. The Morgan fingerprint density at radius 3 is 2.67 bits per heavy atom. The van der Waals surface area contributed by atoms with Crippen LogP contribution in [-0.2, 0) is 4.79 Å². The lowest BCUT2D eigenvalue weighted by molar-refractivity contribution is -0.119. The molecule has 1 unspecified atom stereocenters. The molecule has 0 saturated carbocycles. The van der Waals surface area contributed by atoms with Crippen molar-refractivity contribution in [2.75, 3.05) is 37.0 Å². The fraction of sp³-hybridized carbons (Fsp3) is 0.429. The highest BCUT2D eigenvalue weighted by Gasteiger charge is 2.25. The summed E-state index contributed by atoms with van der Waals surface area (Å²) in [6.07, 6.45) is 1.12. The molecule has 1 aromatic carbocycles. The van der Waals surface area contributed by atoms with Crippen LogP contribution in [0.2, 0.25) is 0 Å². The number of hydrogen-bond donors (Lipinski definition) is 1. The molecule has 0 radical (unpaired) electrons. The number of aromatic nitrogens is 1. The van der Waals surface area contributed by atoms with E-state index in [2.05, 4.69) is 10.2 Å². The summed E-state index contributed by atoms with van der Waals surface area (Å²) in [4.78, 5) is 20.2. The number of ether oxygens (including phenoxy) is 1. The second kappa shape index (κ2) is 8.29. The number of carbonyl (C=O) groups is 1. The lowest BCUT2D eigenvalue weighted by atomic mass is 10.1. The second-order valence-electron chi connectivity index (χ2n) is 7.21. The molecule has 2 aromatic rings. The molecule has 0 aliphatic carbocycles. The molecule has 0 spiro atoms. The highest BCUT2D eigenvalue weighted by Crippen LogP contribution is 2.25. The molecule has 1 aliphatic rings. The molecular weight excluding hydrogens is 340 g/mol. The summed E-state index contributed by atoms with van der Waals surface area (Å²) in [5, 5.41) is 2.89. The van der Waals surface area contributed by atoms with Crippen molar-refractivity contribution < 1.29 is 9.53 Å². The smallest absolute Gasteiger partial charge is 0.217 e. The molecule has 3 rings (SSSR count). The SMILES string of the molecule is CC(=O)N[C@@H](C)c1ccc(OC2CCN(c3cccc(N(C)C)n3)C2)cc1. The van der Waals surface area contributed by atoms with Crippen LogP contribution in [0.15, 0.2) is 42.5 Å². The number of nitrogens with zero attached hydrogens (tertiary/aromatic N) is 3. The van der Waals surface area contributed by atoms with Crippen LogP contribution >= 0.6 is 0 Å². The summed E-state index contributed by atoms with van der Waals surface area (Å²) >= 11 is 0. The number of benzene rings is 1. The molecule has 1 aromatic heterocycles. The van der Waals surface area contributed by atoms with E-state index in [0.717, 1.165) is 42.5 Å². The minimum Gasteiger partial charge on any atom is -0.489 e. The summed E-state index contributed by atoms with van der Waals surface area (Å²) in [6, 6.07) is 14.1. The maximum absolute atomic E-state index is 11.2. The van der Waals surface area contributed by atoms with E-state index in [-0.39, 0.29) is 18.1 Å². The van der Waals surface area contributed by atoms with Gasteiger partial charge in [-0.15, -0.1) is 0 Å². The summed E-state index contributed by atoms with van der Waals surface area (Å²) < 4.78 is 6.15. The molecule has 1 fully saturated rings. The monoisotopic (exact) mass is 368 g/mol. The molecule has 2 heterocycles. The van der Waals surface area contributed by atoms with E-state index >= 15 is 0 Å². The van der Waals surface area contributed by atoms with Gasteiger partial charge in [0.2, 0.25) is 5.91 Å². The van der Waals surface area contributed by atoms with Gasteiger partial charge in [0, 0.05) is 34.0 Å². The summed E-state index contributed by atoms with van der Waals surface area (Å²) in [5.41, 5.74) is 1.07. The average molecular weight is 368 g/mol. The Bertz CT molecular complexity index is 776. The third kappa shape index (κ3) is 4.90. The van der Waals surface area contributed by atoms with Gasteiger partial charge in [-0.2, -0.15) is 0 Å². The van der Waals surface area contributed by atoms with Crippen LogP contribution in [0.1, 0.15) is 31.9 Å². The third-order valence-electron chi connectivity index (χ3n) is 4.75. The van der Waals surface area contributed by atoms with Crippen molar-refractivity contribution in [3.8, 4) is 5.75 Å². The summed E-state index contributed by atoms with van der Waals surface area (Å²) in [6.45, 7) is 5.27. The largest absolute Gasteiger partial charge is 0.489 e. The highest BCUT2D eigenvalue weighted by molar-refractivity contribution is 5.73. The zero-order chi connectivity index (χ0) is 19.4. The van der Waals surface area contributed by atoms with Gasteiger partial charge < -0.3 is 19.9 Å². The Morgan fingerprint density at radius 2 is 2.00 bits per heavy atom. The van der Waals surface area contributed by atoms with Gasteiger partial charge in [0.1, 0.15) is 23.5 Å². The molecule has 6 heteroatoms. The van der Waals surface area contributed by atoms with Crippen LogP contribution in [0.25, 0.3) is 0 Å². The van der Waals surface area contributed by atoms with Gasteiger partial charge >= 0.3 is 0 Å². The molecule has 1 aliphatic heterocycles. The molecule has 6 nitrogen and oxygen atoms in total. The Labute approximate surface area is 161 Å². The molecule has 144 valence electrons. The molecule has 0 bridgehead atoms. The molecule has 1 N–H and O–H groups in total. The third-order valence-corrected chi connectivity index (χ3v) is 4.75. The van der Waals surface area contributed by atoms with Crippen LogP contribution in [-0.4, -0.2) is 44.2 Å². The predicted molar refractivity (Wildman–Crippen MR) is 108 cm³/mol. The fourth-order valence-corrected chi connectivity index (χ4v) is 3.29. The van der Waals surface area contributed by atoms with Crippen molar-refractivity contribution in [1.82, 2.24) is 10.3 Å². The van der Waals surface area contributed by atoms with E-state index in [4.69, 9.17) is 9.72 Å². The quantitative estimate of drug-likeness (QED) is 0.849. The fourth-order valence-electron chi connectivity index (χ4n) is 3.29. The van der Waals surface area contributed by atoms with Gasteiger partial charge in [-0.05, 0) is 36.8 Å². The van der Waals surface area contributed by atoms with Gasteiger partial charge in [0.15, 0.2) is 0 Å². The first-order valence-corrected chi connectivity index (χ1v) is 9.35. The zero-order valence-electron chi connectivity index (χ0n) is 16.5. The van der Waals surface area contributed by atoms with Gasteiger partial charge in [-0.1, -0.05) is 18.2 Å². The molecule has 1 saturated heterocycles. The average Bonchev–Trinajstić information content (AvgIpc) is 3.10. The van der Waals surface area contributed by atoms with Crippen LogP contribution in [0, 0.1) is 0 Å². The van der Waals surface area contributed by atoms with Crippen LogP contribution in [0.3, 0.4) is 0 Å². The summed E-state index contributed by atoms with van der Waals surface area (Å²) in [7, 11) is 4.00. The Kier molecular flexibility index (Phi) is 5.84. The van der Waals surface area contributed by atoms with E-state index in [0.29, 0.717) is 0 Å². The zero-order valence-corrected chi connectivity index (χ0v) is 16.5. The topological polar surface area (TPSA) is 57.7 Å². The Morgan fingerprint density at radius 1 is 1.26 bits per heavy atom. The molecular formula is C21H28N4O2. The predicted octanol–water partition coefficient (Wildman–Crippen LogP) is 3.00. The lowest BCUT2D eigenvalue weighted by Gasteiger charge is -2.20. The van der Waals surface area contributed by atoms with E-state index in [9.17, 15) is 4.79 Å². The van der Waals surface area contributed by atoms with Crippen molar-refractivity contribution in [2.24, 2.45) is 0 Å². The molecule has 1 amide bonds. The number of carbonyl (C=O) groups excluding carboxylic acids is 1. The van der Waals surface area contributed by atoms with E-state index in [1.165, 1.54) is 6.92 Å². The van der Waals surface area contributed by atoms with E-state index in [1.807, 2.05) is 68.4 Å². The second-order valence-corrected chi connectivity index (χ2v) is 7.21. The van der Waals surface area contributed by atoms with Crippen LogP contribution in [0.4, 0.5) is 11.6 Å². The van der Waals surface area contributed by atoms with Gasteiger partial charge in [-0.3, -0.25) is 4.79 Å². The van der Waals surface area contributed by atoms with E-state index < -0.39 is 0 Å². The van der Waals surface area contributed by atoms with Gasteiger partial charge in [0.25, 0.3) is 0 Å². The van der Waals surface area contributed by atoms with E-state index in [1.54, 1.807) is 0 Å². The maximum Gasteiger partial charge on any atom is 0.217 e. The number of rotatable bonds is 6. The van der Waals surface area contributed by atoms with Crippen molar-refractivity contribution in [3.63, 3.8) is 0 Å². The summed E-state index contributed by atoms with van der Waals surface area (Å²) in [5.74, 6) is 2.78. The maximum atomic E-state index is 11.2. The number of hydrogen-bond acceptors (Lipinski definition) is 5. The Hall–Kier alpha value is -2.76. The number of pyridine rings is 1. The minimum absolute atomic E-state index is 0.00595. The van der Waals surface area contributed by atoms with Gasteiger partial charge in [0.05, 0.1) is 12.6 Å². The van der Waals surface area contributed by atoms with Gasteiger partial charge in [-0.25, -0.2) is 4.98 Å². The first-order valence-electron chi connectivity index (χ1n) is 9.35. The standard InChI is InChI=1S/C21H28N4O2/c1-15(22-16(2)26)17-8-10-18(11-9-17)27-19-12-13-25(14-19)21-7-5-6-20(23-21)24(3)4/h5-11,15,19H,12-14H2,1-4H3,(H,22,26)/t15-,19?/m0/s1.